The van der Waals surface area contributed by atoms with Crippen LogP contribution in [-0.2, 0) is 18.8 Å². The number of hydrogen-bond donors (Lipinski definition) is 0. The van der Waals surface area contributed by atoms with Crippen LogP contribution in [0, 0.1) is 0 Å². The largest absolute Gasteiger partial charge is 0.461 e. The van der Waals surface area contributed by atoms with Crippen LogP contribution in [0.3, 0.4) is 0 Å². The summed E-state index contributed by atoms with van der Waals surface area (Å²) in [6.07, 6.45) is 1.39. The van der Waals surface area contributed by atoms with Gasteiger partial charge in [0.25, 0.3) is 0 Å². The molecular formula is C12H21BO4. The van der Waals surface area contributed by atoms with E-state index in [-0.39, 0.29) is 36.5 Å². The zero-order valence-corrected chi connectivity index (χ0v) is 11.3. The minimum Gasteiger partial charge on any atom is -0.435 e. The number of ether oxygens (including phenoxy) is 1. The highest BCUT2D eigenvalue weighted by atomic mass is 16.7. The fraction of sp³-hybridized carbons (Fsp3) is 0.750. The van der Waals surface area contributed by atoms with E-state index in [0.29, 0.717) is 0 Å². The third-order valence-corrected chi connectivity index (χ3v) is 3.44. The predicted molar refractivity (Wildman–Crippen MR) is 66.4 cm³/mol. The average molecular weight is 240 g/mol. The van der Waals surface area contributed by atoms with Crippen LogP contribution < -0.4 is 0 Å². The second-order valence-corrected chi connectivity index (χ2v) is 5.46. The van der Waals surface area contributed by atoms with Gasteiger partial charge in [0.15, 0.2) is 0 Å². The first-order valence-electron chi connectivity index (χ1n) is 5.85. The van der Waals surface area contributed by atoms with Gasteiger partial charge in [0.1, 0.15) is 0 Å². The van der Waals surface area contributed by atoms with E-state index in [1.54, 1.807) is 0 Å². The summed E-state index contributed by atoms with van der Waals surface area (Å²) in [7, 11) is -0.377. The lowest BCUT2D eigenvalue weighted by Gasteiger charge is -2.32. The summed E-state index contributed by atoms with van der Waals surface area (Å²) in [5.41, 5.74) is -0.734. The fourth-order valence-corrected chi connectivity index (χ4v) is 1.62. The summed E-state index contributed by atoms with van der Waals surface area (Å²) in [5, 5.41) is 0. The molecule has 0 aromatic carbocycles. The Morgan fingerprint density at radius 1 is 1.35 bits per heavy atom. The number of hydrogen-bond acceptors (Lipinski definition) is 4. The molecule has 96 valence electrons. The van der Waals surface area contributed by atoms with Gasteiger partial charge in [0, 0.05) is 12.2 Å². The standard InChI is InChI=1S/C12H21BO4/c1-7-15-10(14)8-9(2)13-16-11(3,4)12(5,6)17-13/h7,9H,1,8H2,2-6H3. The monoisotopic (exact) mass is 240 g/mol. The Morgan fingerprint density at radius 2 is 1.82 bits per heavy atom. The Bertz CT molecular complexity index is 296. The molecule has 1 saturated heterocycles. The van der Waals surface area contributed by atoms with Gasteiger partial charge in [-0.05, 0) is 27.7 Å². The first-order valence-corrected chi connectivity index (χ1v) is 5.85. The highest BCUT2D eigenvalue weighted by molar-refractivity contribution is 6.47. The Labute approximate surface area is 103 Å². The van der Waals surface area contributed by atoms with E-state index in [9.17, 15) is 4.79 Å². The quantitative estimate of drug-likeness (QED) is 0.430. The second kappa shape index (κ2) is 4.82. The zero-order chi connectivity index (χ0) is 13.3. The number of esters is 1. The summed E-state index contributed by atoms with van der Waals surface area (Å²) in [6.45, 7) is 13.2. The van der Waals surface area contributed by atoms with Crippen LogP contribution in [0.1, 0.15) is 41.0 Å². The molecule has 0 aromatic rings. The van der Waals surface area contributed by atoms with Crippen LogP contribution in [-0.4, -0.2) is 24.3 Å². The van der Waals surface area contributed by atoms with E-state index in [4.69, 9.17) is 9.31 Å². The Kier molecular flexibility index (Phi) is 4.04. The van der Waals surface area contributed by atoms with Crippen molar-refractivity contribution in [1.29, 1.82) is 0 Å². The maximum absolute atomic E-state index is 11.3. The smallest absolute Gasteiger partial charge is 0.435 e. The number of carbonyl (C=O) groups excluding carboxylic acids is 1. The summed E-state index contributed by atoms with van der Waals surface area (Å²) in [5.74, 6) is -0.370. The molecule has 1 fully saturated rings. The van der Waals surface area contributed by atoms with Crippen molar-refractivity contribution in [3.05, 3.63) is 12.8 Å². The molecule has 0 saturated carbocycles. The SMILES string of the molecule is C=COC(=O)CC(C)B1OC(C)(C)C(C)(C)O1. The minimum absolute atomic E-state index is 0.0523. The maximum atomic E-state index is 11.3. The third kappa shape index (κ3) is 3.10. The van der Waals surface area contributed by atoms with Crippen molar-refractivity contribution in [2.75, 3.05) is 0 Å². The van der Waals surface area contributed by atoms with Crippen LogP contribution in [0.2, 0.25) is 5.82 Å². The van der Waals surface area contributed by atoms with Gasteiger partial charge < -0.3 is 14.0 Å². The van der Waals surface area contributed by atoms with Crippen molar-refractivity contribution in [3.8, 4) is 0 Å². The Hall–Kier alpha value is -0.805. The Morgan fingerprint density at radius 3 is 2.24 bits per heavy atom. The molecule has 5 heteroatoms. The second-order valence-electron chi connectivity index (χ2n) is 5.46. The van der Waals surface area contributed by atoms with Crippen LogP contribution in [0.4, 0.5) is 0 Å². The fourth-order valence-electron chi connectivity index (χ4n) is 1.62. The molecule has 1 heterocycles. The molecule has 0 N–H and O–H groups in total. The van der Waals surface area contributed by atoms with Crippen LogP contribution in [0.5, 0.6) is 0 Å². The first-order chi connectivity index (χ1) is 7.69. The highest BCUT2D eigenvalue weighted by Gasteiger charge is 2.52. The lowest BCUT2D eigenvalue weighted by atomic mass is 9.71. The van der Waals surface area contributed by atoms with Crippen LogP contribution >= 0.6 is 0 Å². The van der Waals surface area contributed by atoms with Crippen LogP contribution in [0.25, 0.3) is 0 Å². The molecule has 1 aliphatic heterocycles. The van der Waals surface area contributed by atoms with E-state index in [1.165, 1.54) is 0 Å². The molecule has 0 aromatic heterocycles. The molecule has 0 aliphatic carbocycles. The van der Waals surface area contributed by atoms with E-state index in [1.807, 2.05) is 34.6 Å². The van der Waals surface area contributed by atoms with Gasteiger partial charge in [-0.25, -0.2) is 0 Å². The van der Waals surface area contributed by atoms with Gasteiger partial charge in [-0.15, -0.1) is 0 Å². The molecule has 1 atom stereocenters. The van der Waals surface area contributed by atoms with Gasteiger partial charge in [-0.1, -0.05) is 13.5 Å². The third-order valence-electron chi connectivity index (χ3n) is 3.44. The van der Waals surface area contributed by atoms with Crippen molar-refractivity contribution < 1.29 is 18.8 Å². The van der Waals surface area contributed by atoms with Gasteiger partial charge in [-0.2, -0.15) is 0 Å². The van der Waals surface area contributed by atoms with Gasteiger partial charge >= 0.3 is 13.1 Å². The molecule has 0 amide bonds. The number of carbonyl (C=O) groups is 1. The van der Waals surface area contributed by atoms with E-state index in [0.717, 1.165) is 6.26 Å². The lowest BCUT2D eigenvalue weighted by molar-refractivity contribution is -0.138. The van der Waals surface area contributed by atoms with Crippen molar-refractivity contribution in [2.45, 2.75) is 58.1 Å². The minimum atomic E-state index is -0.377. The molecule has 1 unspecified atom stereocenters. The number of rotatable bonds is 4. The van der Waals surface area contributed by atoms with Gasteiger partial charge in [0.2, 0.25) is 0 Å². The highest BCUT2D eigenvalue weighted by Crippen LogP contribution is 2.40. The Balaban J connectivity index is 2.59. The maximum Gasteiger partial charge on any atom is 0.461 e. The molecule has 4 nitrogen and oxygen atoms in total. The van der Waals surface area contributed by atoms with Crippen molar-refractivity contribution in [1.82, 2.24) is 0 Å². The van der Waals surface area contributed by atoms with Crippen molar-refractivity contribution in [2.24, 2.45) is 0 Å². The van der Waals surface area contributed by atoms with Crippen molar-refractivity contribution >= 4 is 13.1 Å². The summed E-state index contributed by atoms with van der Waals surface area (Å²) >= 11 is 0. The molecule has 0 bridgehead atoms. The topological polar surface area (TPSA) is 44.8 Å². The summed E-state index contributed by atoms with van der Waals surface area (Å²) in [6, 6.07) is 0. The molecule has 17 heavy (non-hydrogen) atoms. The zero-order valence-electron chi connectivity index (χ0n) is 11.3. The molecular weight excluding hydrogens is 219 g/mol. The van der Waals surface area contributed by atoms with E-state index < -0.39 is 0 Å². The molecule has 1 aliphatic rings. The molecule has 1 rings (SSSR count). The van der Waals surface area contributed by atoms with E-state index >= 15 is 0 Å². The first kappa shape index (κ1) is 14.3. The van der Waals surface area contributed by atoms with Gasteiger partial charge in [-0.3, -0.25) is 4.79 Å². The average Bonchev–Trinajstić information content (AvgIpc) is 2.36. The van der Waals surface area contributed by atoms with E-state index in [2.05, 4.69) is 11.3 Å². The van der Waals surface area contributed by atoms with Crippen LogP contribution in [0.15, 0.2) is 12.8 Å². The van der Waals surface area contributed by atoms with Crippen molar-refractivity contribution in [3.63, 3.8) is 0 Å². The summed E-state index contributed by atoms with van der Waals surface area (Å²) < 4.78 is 16.4. The predicted octanol–water partition coefficient (Wildman–Crippen LogP) is 2.55. The summed E-state index contributed by atoms with van der Waals surface area (Å²) in [4.78, 5) is 11.3. The normalized spacial score (nSPS) is 23.2. The van der Waals surface area contributed by atoms with Gasteiger partial charge in [0.05, 0.1) is 17.5 Å². The molecule has 0 spiro atoms. The molecule has 0 radical (unpaired) electrons. The lowest BCUT2D eigenvalue weighted by Crippen LogP contribution is -2.41.